The number of rotatable bonds is 4. The molecular weight excluding hydrogens is 293 g/mol. The number of carbonyl (C=O) groups excluding carboxylic acids is 1. The van der Waals surface area contributed by atoms with E-state index in [-0.39, 0.29) is 18.1 Å². The predicted molar refractivity (Wildman–Crippen MR) is 77.9 cm³/mol. The molecule has 0 spiro atoms. The highest BCUT2D eigenvalue weighted by atomic mass is 19.4. The summed E-state index contributed by atoms with van der Waals surface area (Å²) in [6, 6.07) is 7.24. The van der Waals surface area contributed by atoms with Gasteiger partial charge in [0.25, 0.3) is 0 Å². The average molecular weight is 310 g/mol. The Morgan fingerprint density at radius 3 is 2.55 bits per heavy atom. The van der Waals surface area contributed by atoms with Gasteiger partial charge in [0.2, 0.25) is 0 Å². The minimum atomic E-state index is -4.60. The van der Waals surface area contributed by atoms with Crippen LogP contribution in [0.25, 0.3) is 5.57 Å². The molecule has 1 unspecified atom stereocenters. The largest absolute Gasteiger partial charge is 0.462 e. The molecule has 0 amide bonds. The summed E-state index contributed by atoms with van der Waals surface area (Å²) in [4.78, 5) is 11.7. The number of allylic oxidation sites excluding steroid dienone is 3. The summed E-state index contributed by atoms with van der Waals surface area (Å²) >= 11 is 0. The smallest absolute Gasteiger partial charge is 0.417 e. The van der Waals surface area contributed by atoms with Crippen molar-refractivity contribution >= 4 is 11.5 Å². The fraction of sp³-hybridized carbons (Fsp3) is 0.353. The van der Waals surface area contributed by atoms with Crippen LogP contribution in [0.3, 0.4) is 0 Å². The van der Waals surface area contributed by atoms with E-state index in [4.69, 9.17) is 4.74 Å². The summed E-state index contributed by atoms with van der Waals surface area (Å²) in [5.74, 6) is -0.765. The van der Waals surface area contributed by atoms with Crippen LogP contribution < -0.4 is 0 Å². The maximum atomic E-state index is 13.1. The van der Waals surface area contributed by atoms with Crippen molar-refractivity contribution in [1.82, 2.24) is 0 Å². The molecule has 0 aliphatic heterocycles. The molecule has 0 heterocycles. The molecule has 1 aliphatic carbocycles. The van der Waals surface area contributed by atoms with E-state index in [0.29, 0.717) is 6.08 Å². The maximum absolute atomic E-state index is 13.1. The highest BCUT2D eigenvalue weighted by Gasteiger charge is 2.35. The molecule has 0 N–H and O–H groups in total. The fourth-order valence-corrected chi connectivity index (χ4v) is 2.31. The Morgan fingerprint density at radius 1 is 1.23 bits per heavy atom. The summed E-state index contributed by atoms with van der Waals surface area (Å²) < 4.78 is 44.2. The monoisotopic (exact) mass is 310 g/mol. The first-order valence-corrected chi connectivity index (χ1v) is 7.13. The van der Waals surface area contributed by atoms with Crippen molar-refractivity contribution in [2.45, 2.75) is 25.4 Å². The summed E-state index contributed by atoms with van der Waals surface area (Å²) in [5.41, 5.74) is -1.03. The molecule has 0 saturated heterocycles. The van der Waals surface area contributed by atoms with Crippen LogP contribution in [0.4, 0.5) is 13.2 Å². The molecule has 1 aliphatic rings. The zero-order valence-corrected chi connectivity index (χ0v) is 12.0. The molecular formula is C17H17F3O2. The lowest BCUT2D eigenvalue weighted by atomic mass is 9.95. The molecule has 5 heteroatoms. The summed E-state index contributed by atoms with van der Waals surface area (Å²) in [6.07, 6.45) is 2.58. The minimum absolute atomic E-state index is 0.0486. The Morgan fingerprint density at radius 2 is 1.95 bits per heavy atom. The van der Waals surface area contributed by atoms with Crippen molar-refractivity contribution in [3.63, 3.8) is 0 Å². The highest BCUT2D eigenvalue weighted by molar-refractivity contribution is 5.92. The molecule has 2 rings (SSSR count). The first-order valence-electron chi connectivity index (χ1n) is 7.13. The van der Waals surface area contributed by atoms with Crippen molar-refractivity contribution in [2.24, 2.45) is 5.92 Å². The second-order valence-corrected chi connectivity index (χ2v) is 5.20. The summed E-state index contributed by atoms with van der Waals surface area (Å²) in [7, 11) is 0. The first kappa shape index (κ1) is 16.3. The molecule has 1 atom stereocenters. The van der Waals surface area contributed by atoms with Crippen LogP contribution in [-0.4, -0.2) is 18.8 Å². The maximum Gasteiger partial charge on any atom is 0.417 e. The summed E-state index contributed by atoms with van der Waals surface area (Å²) in [5, 5.41) is 0. The number of hydrogen-bond donors (Lipinski definition) is 0. The van der Waals surface area contributed by atoms with Crippen molar-refractivity contribution in [3.05, 3.63) is 54.1 Å². The van der Waals surface area contributed by atoms with Gasteiger partial charge in [-0.05, 0) is 30.7 Å². The molecule has 22 heavy (non-hydrogen) atoms. The Hall–Kier alpha value is -2.04. The van der Waals surface area contributed by atoms with Crippen LogP contribution in [0, 0.1) is 5.92 Å². The third kappa shape index (κ3) is 4.76. The molecule has 2 nitrogen and oxygen atoms in total. The molecule has 0 fully saturated rings. The zero-order chi connectivity index (χ0) is 16.0. The Balaban J connectivity index is 2.05. The van der Waals surface area contributed by atoms with Gasteiger partial charge in [0.05, 0.1) is 12.2 Å². The van der Waals surface area contributed by atoms with Crippen LogP contribution >= 0.6 is 0 Å². The number of halogens is 3. The standard InChI is InChI=1S/C17H17F3O2/c18-17(19,20)15(14-9-5-2-6-10-14)11-16(21)22-12-13-7-3-1-4-8-13/h1-3,5-6,9-11,13H,4,7-8,12H2/b15-11+. The fourth-order valence-electron chi connectivity index (χ4n) is 2.31. The van der Waals surface area contributed by atoms with Gasteiger partial charge in [0.1, 0.15) is 0 Å². The Labute approximate surface area is 127 Å². The van der Waals surface area contributed by atoms with E-state index in [1.807, 2.05) is 6.08 Å². The van der Waals surface area contributed by atoms with Crippen LogP contribution in [0.5, 0.6) is 0 Å². The SMILES string of the molecule is O=C(/C=C(\c1ccccc1)C(F)(F)F)OCC1CC=CCC1. The Bertz CT molecular complexity index is 559. The Kier molecular flexibility index (Phi) is 5.41. The average Bonchev–Trinajstić information content (AvgIpc) is 2.51. The van der Waals surface area contributed by atoms with E-state index in [1.165, 1.54) is 24.3 Å². The van der Waals surface area contributed by atoms with Gasteiger partial charge in [0.15, 0.2) is 0 Å². The third-order valence-electron chi connectivity index (χ3n) is 3.49. The van der Waals surface area contributed by atoms with E-state index in [0.717, 1.165) is 19.3 Å². The molecule has 118 valence electrons. The van der Waals surface area contributed by atoms with Crippen molar-refractivity contribution in [1.29, 1.82) is 0 Å². The number of benzene rings is 1. The zero-order valence-electron chi connectivity index (χ0n) is 12.0. The van der Waals surface area contributed by atoms with Gasteiger partial charge in [-0.2, -0.15) is 13.2 Å². The molecule has 1 aromatic carbocycles. The lowest BCUT2D eigenvalue weighted by Gasteiger charge is -2.17. The normalized spacial score (nSPS) is 19.0. The topological polar surface area (TPSA) is 26.3 Å². The molecule has 0 radical (unpaired) electrons. The molecule has 0 aromatic heterocycles. The molecule has 0 bridgehead atoms. The third-order valence-corrected chi connectivity index (χ3v) is 3.49. The van der Waals surface area contributed by atoms with E-state index in [9.17, 15) is 18.0 Å². The summed E-state index contributed by atoms with van der Waals surface area (Å²) in [6.45, 7) is 0.152. The van der Waals surface area contributed by atoms with Crippen molar-refractivity contribution in [3.8, 4) is 0 Å². The van der Waals surface area contributed by atoms with Crippen LogP contribution in [0.15, 0.2) is 48.6 Å². The lowest BCUT2D eigenvalue weighted by Crippen LogP contribution is -2.17. The van der Waals surface area contributed by atoms with Gasteiger partial charge in [-0.25, -0.2) is 4.79 Å². The van der Waals surface area contributed by atoms with Gasteiger partial charge in [0, 0.05) is 6.08 Å². The first-order chi connectivity index (χ1) is 10.5. The van der Waals surface area contributed by atoms with Gasteiger partial charge in [-0.15, -0.1) is 0 Å². The van der Waals surface area contributed by atoms with Gasteiger partial charge >= 0.3 is 12.1 Å². The van der Waals surface area contributed by atoms with Gasteiger partial charge < -0.3 is 4.74 Å². The van der Waals surface area contributed by atoms with Crippen molar-refractivity contribution < 1.29 is 22.7 Å². The lowest BCUT2D eigenvalue weighted by molar-refractivity contribution is -0.139. The number of hydrogen-bond acceptors (Lipinski definition) is 2. The van der Waals surface area contributed by atoms with E-state index >= 15 is 0 Å². The van der Waals surface area contributed by atoms with E-state index < -0.39 is 17.7 Å². The number of alkyl halides is 3. The number of ether oxygens (including phenoxy) is 1. The predicted octanol–water partition coefficient (Wildman–Crippen LogP) is 4.53. The highest BCUT2D eigenvalue weighted by Crippen LogP contribution is 2.33. The van der Waals surface area contributed by atoms with E-state index in [2.05, 4.69) is 6.08 Å². The number of carbonyl (C=O) groups is 1. The van der Waals surface area contributed by atoms with Gasteiger partial charge in [-0.3, -0.25) is 0 Å². The number of esters is 1. The van der Waals surface area contributed by atoms with Crippen LogP contribution in [-0.2, 0) is 9.53 Å². The van der Waals surface area contributed by atoms with E-state index in [1.54, 1.807) is 6.07 Å². The second-order valence-electron chi connectivity index (χ2n) is 5.20. The van der Waals surface area contributed by atoms with Crippen LogP contribution in [0.2, 0.25) is 0 Å². The quantitative estimate of drug-likeness (QED) is 0.464. The van der Waals surface area contributed by atoms with Crippen molar-refractivity contribution in [2.75, 3.05) is 6.61 Å². The molecule has 0 saturated carbocycles. The van der Waals surface area contributed by atoms with Crippen LogP contribution in [0.1, 0.15) is 24.8 Å². The van der Waals surface area contributed by atoms with Gasteiger partial charge in [-0.1, -0.05) is 42.5 Å². The minimum Gasteiger partial charge on any atom is -0.462 e. The molecule has 1 aromatic rings. The second kappa shape index (κ2) is 7.29.